The molecule has 2 N–H and O–H groups in total. The van der Waals surface area contributed by atoms with Crippen LogP contribution < -0.4 is 0 Å². The first-order chi connectivity index (χ1) is 4.52. The molecule has 2 atom stereocenters. The molecule has 10 heavy (non-hydrogen) atoms. The second-order valence-electron chi connectivity index (χ2n) is 2.10. The summed E-state index contributed by atoms with van der Waals surface area (Å²) in [4.78, 5) is 8.71. The van der Waals surface area contributed by atoms with Gasteiger partial charge in [-0.05, 0) is 13.3 Å². The van der Waals surface area contributed by atoms with E-state index in [1.165, 1.54) is 0 Å². The van der Waals surface area contributed by atoms with Crippen LogP contribution in [-0.2, 0) is 9.09 Å². The summed E-state index contributed by atoms with van der Waals surface area (Å²) in [6.07, 6.45) is -0.426. The summed E-state index contributed by atoms with van der Waals surface area (Å²) in [5.74, 6) is 0. The molecule has 0 aliphatic heterocycles. The van der Waals surface area contributed by atoms with Gasteiger partial charge in [0.15, 0.2) is 0 Å². The van der Waals surface area contributed by atoms with Crippen LogP contribution in [0.3, 0.4) is 0 Å². The van der Waals surface area contributed by atoms with Gasteiger partial charge in [0.25, 0.3) is 0 Å². The standard InChI is InChI=1S/C5H13O4P/c1-3-5(2)9-10(7,8)4-6/h5-6H,3-4H2,1-2H3,(H,7,8). The summed E-state index contributed by atoms with van der Waals surface area (Å²) < 4.78 is 15.2. The molecule has 0 heterocycles. The van der Waals surface area contributed by atoms with Gasteiger partial charge in [0.2, 0.25) is 0 Å². The van der Waals surface area contributed by atoms with E-state index in [9.17, 15) is 4.57 Å². The van der Waals surface area contributed by atoms with Crippen LogP contribution in [0.15, 0.2) is 0 Å². The van der Waals surface area contributed by atoms with Gasteiger partial charge in [-0.15, -0.1) is 0 Å². The van der Waals surface area contributed by atoms with Crippen molar-refractivity contribution in [3.8, 4) is 0 Å². The first kappa shape index (κ1) is 10.1. The summed E-state index contributed by atoms with van der Waals surface area (Å²) in [6.45, 7) is 3.51. The van der Waals surface area contributed by atoms with E-state index in [0.29, 0.717) is 6.42 Å². The molecule has 0 saturated heterocycles. The number of aliphatic hydroxyl groups excluding tert-OH is 1. The minimum Gasteiger partial charge on any atom is -0.384 e. The number of aliphatic hydroxyl groups is 1. The van der Waals surface area contributed by atoms with Crippen LogP contribution in [0.1, 0.15) is 20.3 Å². The third-order valence-corrected chi connectivity index (χ3v) is 2.15. The number of hydrogen-bond donors (Lipinski definition) is 2. The first-order valence-corrected chi connectivity index (χ1v) is 4.89. The highest BCUT2D eigenvalue weighted by molar-refractivity contribution is 7.52. The van der Waals surface area contributed by atoms with Gasteiger partial charge < -0.3 is 14.5 Å². The Morgan fingerprint density at radius 2 is 2.20 bits per heavy atom. The normalized spacial score (nSPS) is 20.0. The Kier molecular flexibility index (Phi) is 4.13. The molecule has 62 valence electrons. The lowest BCUT2D eigenvalue weighted by atomic mass is 10.3. The maximum Gasteiger partial charge on any atom is 0.353 e. The third kappa shape index (κ3) is 4.01. The van der Waals surface area contributed by atoms with E-state index in [1.807, 2.05) is 6.92 Å². The lowest BCUT2D eigenvalue weighted by molar-refractivity contribution is 0.167. The Hall–Kier alpha value is 0.110. The fraction of sp³-hybridized carbons (Fsp3) is 1.00. The molecular formula is C5H13O4P. The average Bonchev–Trinajstić information content (AvgIpc) is 1.87. The van der Waals surface area contributed by atoms with Crippen LogP contribution in [-0.4, -0.2) is 22.5 Å². The molecule has 2 unspecified atom stereocenters. The van der Waals surface area contributed by atoms with Crippen molar-refractivity contribution in [2.24, 2.45) is 0 Å². The van der Waals surface area contributed by atoms with Gasteiger partial charge in [-0.2, -0.15) is 0 Å². The lowest BCUT2D eigenvalue weighted by Gasteiger charge is -2.13. The molecule has 0 spiro atoms. The fourth-order valence-corrected chi connectivity index (χ4v) is 1.17. The van der Waals surface area contributed by atoms with Crippen LogP contribution >= 0.6 is 7.60 Å². The van der Waals surface area contributed by atoms with Gasteiger partial charge in [0.05, 0.1) is 6.10 Å². The monoisotopic (exact) mass is 168 g/mol. The minimum absolute atomic E-state index is 0.275. The van der Waals surface area contributed by atoms with E-state index in [2.05, 4.69) is 4.52 Å². The topological polar surface area (TPSA) is 66.8 Å². The summed E-state index contributed by atoms with van der Waals surface area (Å²) in [5, 5.41) is 8.30. The molecule has 0 fully saturated rings. The second kappa shape index (κ2) is 4.09. The smallest absolute Gasteiger partial charge is 0.353 e. The summed E-state index contributed by atoms with van der Waals surface area (Å²) in [6, 6.07) is 0. The van der Waals surface area contributed by atoms with E-state index in [-0.39, 0.29) is 6.10 Å². The van der Waals surface area contributed by atoms with Crippen molar-refractivity contribution in [3.05, 3.63) is 0 Å². The summed E-state index contributed by atoms with van der Waals surface area (Å²) in [7, 11) is -3.69. The molecule has 0 rings (SSSR count). The number of hydrogen-bond acceptors (Lipinski definition) is 3. The van der Waals surface area contributed by atoms with Crippen molar-refractivity contribution in [2.45, 2.75) is 26.4 Å². The van der Waals surface area contributed by atoms with Gasteiger partial charge in [-0.3, -0.25) is 4.57 Å². The Balaban J connectivity index is 3.77. The van der Waals surface area contributed by atoms with Gasteiger partial charge in [0.1, 0.15) is 6.35 Å². The summed E-state index contributed by atoms with van der Waals surface area (Å²) in [5.41, 5.74) is 0. The van der Waals surface area contributed by atoms with Crippen LogP contribution in [0.4, 0.5) is 0 Å². The number of rotatable bonds is 4. The second-order valence-corrected chi connectivity index (χ2v) is 3.87. The highest BCUT2D eigenvalue weighted by atomic mass is 31.2. The predicted molar refractivity (Wildman–Crippen MR) is 37.7 cm³/mol. The van der Waals surface area contributed by atoms with E-state index >= 15 is 0 Å². The van der Waals surface area contributed by atoms with Gasteiger partial charge in [0, 0.05) is 0 Å². The maximum atomic E-state index is 10.6. The predicted octanol–water partition coefficient (Wildman–Crippen LogP) is 0.937. The van der Waals surface area contributed by atoms with E-state index < -0.39 is 13.9 Å². The van der Waals surface area contributed by atoms with Gasteiger partial charge >= 0.3 is 7.60 Å². The van der Waals surface area contributed by atoms with Crippen molar-refractivity contribution < 1.29 is 19.1 Å². The average molecular weight is 168 g/mol. The molecular weight excluding hydrogens is 155 g/mol. The Morgan fingerprint density at radius 1 is 1.70 bits per heavy atom. The molecule has 0 aromatic rings. The zero-order valence-corrected chi connectivity index (χ0v) is 7.04. The third-order valence-electron chi connectivity index (χ3n) is 1.10. The van der Waals surface area contributed by atoms with Crippen molar-refractivity contribution in [2.75, 3.05) is 6.35 Å². The molecule has 0 amide bonds. The molecule has 0 aromatic heterocycles. The van der Waals surface area contributed by atoms with Crippen LogP contribution in [0.2, 0.25) is 0 Å². The van der Waals surface area contributed by atoms with Gasteiger partial charge in [-0.1, -0.05) is 6.92 Å². The van der Waals surface area contributed by atoms with E-state index in [1.54, 1.807) is 6.92 Å². The van der Waals surface area contributed by atoms with Gasteiger partial charge in [-0.25, -0.2) is 0 Å². The van der Waals surface area contributed by atoms with Crippen LogP contribution in [0.5, 0.6) is 0 Å². The van der Waals surface area contributed by atoms with Crippen LogP contribution in [0, 0.1) is 0 Å². The molecule has 0 radical (unpaired) electrons. The molecule has 0 aliphatic carbocycles. The molecule has 0 bridgehead atoms. The quantitative estimate of drug-likeness (QED) is 0.613. The minimum atomic E-state index is -3.69. The highest BCUT2D eigenvalue weighted by Crippen LogP contribution is 2.41. The summed E-state index contributed by atoms with van der Waals surface area (Å²) >= 11 is 0. The van der Waals surface area contributed by atoms with Crippen LogP contribution in [0.25, 0.3) is 0 Å². The van der Waals surface area contributed by atoms with Crippen molar-refractivity contribution >= 4 is 7.60 Å². The highest BCUT2D eigenvalue weighted by Gasteiger charge is 2.19. The van der Waals surface area contributed by atoms with Crippen molar-refractivity contribution in [1.29, 1.82) is 0 Å². The molecule has 4 nitrogen and oxygen atoms in total. The van der Waals surface area contributed by atoms with Crippen molar-refractivity contribution in [1.82, 2.24) is 0 Å². The zero-order valence-electron chi connectivity index (χ0n) is 6.15. The Morgan fingerprint density at radius 3 is 2.50 bits per heavy atom. The molecule has 0 aliphatic rings. The fourth-order valence-electron chi connectivity index (χ4n) is 0.389. The Labute approximate surface area is 60.4 Å². The zero-order chi connectivity index (χ0) is 8.20. The first-order valence-electron chi connectivity index (χ1n) is 3.13. The Bertz CT molecular complexity index is 136. The van der Waals surface area contributed by atoms with E-state index in [4.69, 9.17) is 10.00 Å². The van der Waals surface area contributed by atoms with E-state index in [0.717, 1.165) is 0 Å². The molecule has 0 saturated carbocycles. The van der Waals surface area contributed by atoms with Crippen molar-refractivity contribution in [3.63, 3.8) is 0 Å². The largest absolute Gasteiger partial charge is 0.384 e. The molecule has 0 aromatic carbocycles. The lowest BCUT2D eigenvalue weighted by Crippen LogP contribution is -2.05. The molecule has 5 heteroatoms. The SMILES string of the molecule is CCC(C)OP(=O)(O)CO. The maximum absolute atomic E-state index is 10.6.